The molecule has 5 heteroatoms. The molecule has 0 aliphatic rings. The van der Waals surface area contributed by atoms with Crippen LogP contribution in [-0.4, -0.2) is 16.0 Å². The average Bonchev–Trinajstić information content (AvgIpc) is 2.89. The van der Waals surface area contributed by atoms with Crippen molar-refractivity contribution in [2.24, 2.45) is 5.73 Å². The molecular formula is C13H17N3S2. The van der Waals surface area contributed by atoms with Gasteiger partial charge in [0.2, 0.25) is 0 Å². The fraction of sp³-hybridized carbons (Fsp3) is 0.385. The van der Waals surface area contributed by atoms with Crippen LogP contribution in [0.4, 0.5) is 0 Å². The maximum Gasteiger partial charge on any atom is 0.174 e. The Morgan fingerprint density at radius 3 is 2.44 bits per heavy atom. The summed E-state index contributed by atoms with van der Waals surface area (Å²) in [5.41, 5.74) is 10.4. The Balaban J connectivity index is 1.94. The van der Waals surface area contributed by atoms with Crippen LogP contribution in [0.2, 0.25) is 0 Å². The molecule has 2 aromatic rings. The summed E-state index contributed by atoms with van der Waals surface area (Å²) in [6.45, 7) is 4.39. The predicted octanol–water partition coefficient (Wildman–Crippen LogP) is 3.45. The van der Waals surface area contributed by atoms with Gasteiger partial charge in [0.25, 0.3) is 0 Å². The summed E-state index contributed by atoms with van der Waals surface area (Å²) in [6, 6.07) is 8.62. The number of nitrogens with two attached hydrogens (primary N) is 1. The summed E-state index contributed by atoms with van der Waals surface area (Å²) in [6.07, 6.45) is 0. The first-order chi connectivity index (χ1) is 8.66. The van der Waals surface area contributed by atoms with Crippen molar-refractivity contribution in [2.45, 2.75) is 30.1 Å². The van der Waals surface area contributed by atoms with E-state index in [1.54, 1.807) is 28.6 Å². The van der Waals surface area contributed by atoms with Crippen LogP contribution in [0.15, 0.2) is 34.1 Å². The number of thioether (sulfide) groups is 1. The molecule has 1 atom stereocenters. The van der Waals surface area contributed by atoms with Crippen molar-refractivity contribution >= 4 is 23.1 Å². The molecule has 0 radical (unpaired) electrons. The molecule has 0 aliphatic carbocycles. The third-order valence-electron chi connectivity index (χ3n) is 2.76. The van der Waals surface area contributed by atoms with Gasteiger partial charge in [0.1, 0.15) is 5.51 Å². The third kappa shape index (κ3) is 3.54. The number of rotatable bonds is 5. The summed E-state index contributed by atoms with van der Waals surface area (Å²) in [5, 5.41) is 7.81. The number of hydrogen-bond donors (Lipinski definition) is 1. The minimum atomic E-state index is 0.0418. The van der Waals surface area contributed by atoms with Crippen LogP contribution in [0.25, 0.3) is 0 Å². The smallest absolute Gasteiger partial charge is 0.174 e. The lowest BCUT2D eigenvalue weighted by Gasteiger charge is -2.12. The van der Waals surface area contributed by atoms with Crippen LogP contribution >= 0.6 is 23.1 Å². The molecule has 0 aliphatic heterocycles. The lowest BCUT2D eigenvalue weighted by molar-refractivity contribution is 0.821. The maximum atomic E-state index is 6.17. The van der Waals surface area contributed by atoms with E-state index < -0.39 is 0 Å². The van der Waals surface area contributed by atoms with Crippen molar-refractivity contribution in [3.05, 3.63) is 40.9 Å². The Kier molecular flexibility index (Phi) is 4.74. The summed E-state index contributed by atoms with van der Waals surface area (Å²) < 4.78 is 0.976. The fourth-order valence-corrected chi connectivity index (χ4v) is 3.11. The Hall–Kier alpha value is -0.910. The molecule has 0 saturated heterocycles. The second-order valence-electron chi connectivity index (χ2n) is 4.44. The van der Waals surface area contributed by atoms with Crippen molar-refractivity contribution < 1.29 is 0 Å². The SMILES string of the molecule is CC(C)c1ccc(C(N)CSc2nncs2)cc1. The Bertz CT molecular complexity index is 465. The summed E-state index contributed by atoms with van der Waals surface area (Å²) >= 11 is 3.21. The lowest BCUT2D eigenvalue weighted by atomic mass is 10.00. The first-order valence-corrected chi connectivity index (χ1v) is 7.77. The van der Waals surface area contributed by atoms with Gasteiger partial charge in [-0.2, -0.15) is 0 Å². The van der Waals surface area contributed by atoms with E-state index in [-0.39, 0.29) is 6.04 Å². The number of aromatic nitrogens is 2. The van der Waals surface area contributed by atoms with E-state index in [1.165, 1.54) is 11.1 Å². The van der Waals surface area contributed by atoms with Gasteiger partial charge in [0.15, 0.2) is 4.34 Å². The van der Waals surface area contributed by atoms with E-state index in [0.29, 0.717) is 5.92 Å². The zero-order valence-corrected chi connectivity index (χ0v) is 12.2. The van der Waals surface area contributed by atoms with Gasteiger partial charge in [-0.3, -0.25) is 0 Å². The van der Waals surface area contributed by atoms with Crippen molar-refractivity contribution in [1.82, 2.24) is 10.2 Å². The molecule has 0 spiro atoms. The normalized spacial score (nSPS) is 12.9. The van der Waals surface area contributed by atoms with Crippen molar-refractivity contribution in [3.8, 4) is 0 Å². The van der Waals surface area contributed by atoms with E-state index in [2.05, 4.69) is 48.3 Å². The van der Waals surface area contributed by atoms with E-state index in [1.807, 2.05) is 0 Å². The van der Waals surface area contributed by atoms with Crippen molar-refractivity contribution in [1.29, 1.82) is 0 Å². The second-order valence-corrected chi connectivity index (χ2v) is 6.54. The van der Waals surface area contributed by atoms with Crippen molar-refractivity contribution in [2.75, 3.05) is 5.75 Å². The minimum absolute atomic E-state index is 0.0418. The van der Waals surface area contributed by atoms with Gasteiger partial charge >= 0.3 is 0 Å². The Morgan fingerprint density at radius 1 is 1.22 bits per heavy atom. The number of nitrogens with zero attached hydrogens (tertiary/aromatic N) is 2. The predicted molar refractivity (Wildman–Crippen MR) is 78.1 cm³/mol. The minimum Gasteiger partial charge on any atom is -0.323 e. The first-order valence-electron chi connectivity index (χ1n) is 5.91. The quantitative estimate of drug-likeness (QED) is 0.852. The molecule has 0 fully saturated rings. The molecule has 18 heavy (non-hydrogen) atoms. The van der Waals surface area contributed by atoms with E-state index >= 15 is 0 Å². The Labute approximate surface area is 116 Å². The summed E-state index contributed by atoms with van der Waals surface area (Å²) in [7, 11) is 0. The highest BCUT2D eigenvalue weighted by molar-refractivity contribution is 8.01. The van der Waals surface area contributed by atoms with E-state index in [9.17, 15) is 0 Å². The Morgan fingerprint density at radius 2 is 1.89 bits per heavy atom. The van der Waals surface area contributed by atoms with Crippen LogP contribution in [0.1, 0.15) is 36.9 Å². The van der Waals surface area contributed by atoms with Gasteiger partial charge in [-0.1, -0.05) is 61.2 Å². The maximum absolute atomic E-state index is 6.17. The molecule has 96 valence electrons. The largest absolute Gasteiger partial charge is 0.323 e. The van der Waals surface area contributed by atoms with Gasteiger partial charge in [-0.15, -0.1) is 10.2 Å². The van der Waals surface area contributed by atoms with Gasteiger partial charge in [-0.25, -0.2) is 0 Å². The topological polar surface area (TPSA) is 51.8 Å². The van der Waals surface area contributed by atoms with Crippen LogP contribution in [0, 0.1) is 0 Å². The van der Waals surface area contributed by atoms with E-state index in [4.69, 9.17) is 5.73 Å². The van der Waals surface area contributed by atoms with Crippen molar-refractivity contribution in [3.63, 3.8) is 0 Å². The standard InChI is InChI=1S/C13H17N3S2/c1-9(2)10-3-5-11(6-4-10)12(14)7-17-13-16-15-8-18-13/h3-6,8-9,12H,7,14H2,1-2H3. The summed E-state index contributed by atoms with van der Waals surface area (Å²) in [4.78, 5) is 0. The molecule has 0 saturated carbocycles. The molecule has 1 aromatic heterocycles. The molecular weight excluding hydrogens is 262 g/mol. The third-order valence-corrected chi connectivity index (χ3v) is 4.74. The van der Waals surface area contributed by atoms with Crippen LogP contribution < -0.4 is 5.73 Å². The molecule has 0 amide bonds. The highest BCUT2D eigenvalue weighted by Gasteiger charge is 2.08. The zero-order chi connectivity index (χ0) is 13.0. The van der Waals surface area contributed by atoms with Gasteiger partial charge in [0, 0.05) is 11.8 Å². The van der Waals surface area contributed by atoms with Crippen LogP contribution in [0.3, 0.4) is 0 Å². The molecule has 1 unspecified atom stereocenters. The second kappa shape index (κ2) is 6.31. The fourth-order valence-electron chi connectivity index (χ4n) is 1.61. The number of hydrogen-bond acceptors (Lipinski definition) is 5. The molecule has 1 aromatic carbocycles. The first kappa shape index (κ1) is 13.5. The lowest BCUT2D eigenvalue weighted by Crippen LogP contribution is -2.12. The highest BCUT2D eigenvalue weighted by Crippen LogP contribution is 2.25. The van der Waals surface area contributed by atoms with Gasteiger partial charge < -0.3 is 5.73 Å². The molecule has 0 bridgehead atoms. The average molecular weight is 279 g/mol. The van der Waals surface area contributed by atoms with E-state index in [0.717, 1.165) is 10.1 Å². The van der Waals surface area contributed by atoms with Crippen LogP contribution in [0.5, 0.6) is 0 Å². The van der Waals surface area contributed by atoms with Gasteiger partial charge in [-0.05, 0) is 17.0 Å². The van der Waals surface area contributed by atoms with Crippen LogP contribution in [-0.2, 0) is 0 Å². The highest BCUT2D eigenvalue weighted by atomic mass is 32.2. The monoisotopic (exact) mass is 279 g/mol. The van der Waals surface area contributed by atoms with Gasteiger partial charge in [0.05, 0.1) is 0 Å². The molecule has 2 N–H and O–H groups in total. The zero-order valence-electron chi connectivity index (χ0n) is 10.5. The number of benzene rings is 1. The molecule has 2 rings (SSSR count). The summed E-state index contributed by atoms with van der Waals surface area (Å²) in [5.74, 6) is 1.39. The molecule has 1 heterocycles. The molecule has 3 nitrogen and oxygen atoms in total.